The second-order valence-corrected chi connectivity index (χ2v) is 7.26. The Hall–Kier alpha value is -3.48. The van der Waals surface area contributed by atoms with Crippen molar-refractivity contribution in [3.8, 4) is 0 Å². The van der Waals surface area contributed by atoms with E-state index in [0.717, 1.165) is 10.5 Å². The number of Topliss-reactive ketones (excluding diaryl/α,β-unsaturated/α-hetero) is 1. The summed E-state index contributed by atoms with van der Waals surface area (Å²) >= 11 is 0. The van der Waals surface area contributed by atoms with Gasteiger partial charge in [0.25, 0.3) is 5.54 Å². The summed E-state index contributed by atoms with van der Waals surface area (Å²) in [6.07, 6.45) is -0.320. The molecule has 0 radical (unpaired) electrons. The van der Waals surface area contributed by atoms with E-state index in [9.17, 15) is 19.2 Å². The minimum absolute atomic E-state index is 0.0256. The molecule has 0 spiro atoms. The number of hydrogen-bond donors (Lipinski definition) is 0. The van der Waals surface area contributed by atoms with E-state index in [1.807, 2.05) is 6.92 Å². The van der Waals surface area contributed by atoms with Gasteiger partial charge in [-0.05, 0) is 32.9 Å². The lowest BCUT2D eigenvalue weighted by Crippen LogP contribution is -2.64. The topological polar surface area (TPSA) is 90.0 Å². The smallest absolute Gasteiger partial charge is 0.345 e. The first kappa shape index (κ1) is 22.2. The van der Waals surface area contributed by atoms with Crippen molar-refractivity contribution in [2.24, 2.45) is 5.92 Å². The third kappa shape index (κ3) is 3.83. The molecule has 1 saturated heterocycles. The Balaban J connectivity index is 2.25. The van der Waals surface area contributed by atoms with Gasteiger partial charge in [0.2, 0.25) is 5.91 Å². The van der Waals surface area contributed by atoms with Crippen molar-refractivity contribution in [2.45, 2.75) is 32.7 Å². The largest absolute Gasteiger partial charge is 0.464 e. The van der Waals surface area contributed by atoms with Gasteiger partial charge >= 0.3 is 11.9 Å². The van der Waals surface area contributed by atoms with E-state index in [1.54, 1.807) is 68.4 Å². The second kappa shape index (κ2) is 9.12. The molecule has 2 aromatic rings. The van der Waals surface area contributed by atoms with E-state index in [4.69, 9.17) is 9.47 Å². The molecule has 0 aromatic heterocycles. The standard InChI is InChI=1S/C24H25NO6/c1-4-30-22(28)24(23(29)31-5-2)19(21(27)17-9-7-6-8-10-17)15-20(26)25(24)18-13-11-16(3)12-14-18/h6-14,19H,4-5,15H2,1-3H3/t19-/m1/s1. The van der Waals surface area contributed by atoms with Crippen LogP contribution in [0, 0.1) is 12.8 Å². The molecule has 1 aliphatic heterocycles. The van der Waals surface area contributed by atoms with Gasteiger partial charge in [-0.15, -0.1) is 0 Å². The van der Waals surface area contributed by atoms with Crippen LogP contribution < -0.4 is 4.90 Å². The normalized spacial score (nSPS) is 17.3. The third-order valence-corrected chi connectivity index (χ3v) is 5.33. The summed E-state index contributed by atoms with van der Waals surface area (Å²) in [5.74, 6) is -4.27. The highest BCUT2D eigenvalue weighted by Gasteiger charge is 2.68. The van der Waals surface area contributed by atoms with E-state index < -0.39 is 35.1 Å². The number of hydrogen-bond acceptors (Lipinski definition) is 6. The Bertz CT molecular complexity index is 965. The molecule has 1 heterocycles. The molecule has 7 nitrogen and oxygen atoms in total. The number of esters is 2. The molecule has 3 rings (SSSR count). The number of carbonyl (C=O) groups excluding carboxylic acids is 4. The Kier molecular flexibility index (Phi) is 6.53. The third-order valence-electron chi connectivity index (χ3n) is 5.33. The summed E-state index contributed by atoms with van der Waals surface area (Å²) in [4.78, 5) is 54.5. The van der Waals surface area contributed by atoms with Gasteiger partial charge in [0.05, 0.1) is 19.1 Å². The Morgan fingerprint density at radius 1 is 0.935 bits per heavy atom. The van der Waals surface area contributed by atoms with Gasteiger partial charge < -0.3 is 9.47 Å². The molecular formula is C24H25NO6. The molecule has 0 unspecified atom stereocenters. The van der Waals surface area contributed by atoms with Gasteiger partial charge in [-0.25, -0.2) is 9.59 Å². The minimum atomic E-state index is -2.24. The lowest BCUT2D eigenvalue weighted by molar-refractivity contribution is -0.165. The lowest BCUT2D eigenvalue weighted by atomic mass is 9.79. The van der Waals surface area contributed by atoms with Crippen molar-refractivity contribution in [1.82, 2.24) is 0 Å². The summed E-state index contributed by atoms with van der Waals surface area (Å²) in [6.45, 7) is 5.02. The van der Waals surface area contributed by atoms with Crippen molar-refractivity contribution in [3.05, 3.63) is 65.7 Å². The predicted molar refractivity (Wildman–Crippen MR) is 114 cm³/mol. The maximum atomic E-state index is 13.5. The maximum absolute atomic E-state index is 13.5. The predicted octanol–water partition coefficient (Wildman–Crippen LogP) is 3.10. The van der Waals surface area contributed by atoms with Crippen LogP contribution in [0.25, 0.3) is 0 Å². The molecule has 1 aliphatic rings. The molecule has 0 aliphatic carbocycles. The number of benzene rings is 2. The number of ketones is 1. The monoisotopic (exact) mass is 423 g/mol. The van der Waals surface area contributed by atoms with Gasteiger partial charge in [-0.3, -0.25) is 14.5 Å². The Morgan fingerprint density at radius 3 is 2.00 bits per heavy atom. The van der Waals surface area contributed by atoms with E-state index in [1.165, 1.54) is 0 Å². The molecule has 1 fully saturated rings. The first-order chi connectivity index (χ1) is 14.9. The highest BCUT2D eigenvalue weighted by atomic mass is 16.6. The van der Waals surface area contributed by atoms with Crippen molar-refractivity contribution in [3.63, 3.8) is 0 Å². The molecule has 7 heteroatoms. The SMILES string of the molecule is CCOC(=O)C1(C(=O)OCC)[C@@H](C(=O)c2ccccc2)CC(=O)N1c1ccc(C)cc1. The summed E-state index contributed by atoms with van der Waals surface area (Å²) < 4.78 is 10.5. The van der Waals surface area contributed by atoms with Gasteiger partial charge in [-0.2, -0.15) is 0 Å². The molecule has 1 amide bonds. The zero-order chi connectivity index (χ0) is 22.6. The summed E-state index contributed by atoms with van der Waals surface area (Å²) in [5, 5.41) is 0. The number of anilines is 1. The van der Waals surface area contributed by atoms with Crippen LogP contribution >= 0.6 is 0 Å². The van der Waals surface area contributed by atoms with E-state index in [0.29, 0.717) is 11.3 Å². The fourth-order valence-corrected chi connectivity index (χ4v) is 3.93. The number of ether oxygens (including phenoxy) is 2. The molecular weight excluding hydrogens is 398 g/mol. The minimum Gasteiger partial charge on any atom is -0.464 e. The summed E-state index contributed by atoms with van der Waals surface area (Å²) in [6, 6.07) is 15.1. The van der Waals surface area contributed by atoms with Gasteiger partial charge in [0, 0.05) is 17.7 Å². The van der Waals surface area contributed by atoms with Crippen LogP contribution in [0.4, 0.5) is 5.69 Å². The lowest BCUT2D eigenvalue weighted by Gasteiger charge is -2.36. The van der Waals surface area contributed by atoms with Crippen molar-refractivity contribution in [1.29, 1.82) is 0 Å². The first-order valence-electron chi connectivity index (χ1n) is 10.2. The van der Waals surface area contributed by atoms with Crippen LogP contribution in [-0.2, 0) is 23.9 Å². The van der Waals surface area contributed by atoms with Gasteiger partial charge in [0.1, 0.15) is 0 Å². The zero-order valence-corrected chi connectivity index (χ0v) is 17.8. The maximum Gasteiger partial charge on any atom is 0.345 e. The molecule has 1 atom stereocenters. The first-order valence-corrected chi connectivity index (χ1v) is 10.2. The number of carbonyl (C=O) groups is 4. The molecule has 162 valence electrons. The average molecular weight is 423 g/mol. The van der Waals surface area contributed by atoms with Crippen LogP contribution in [0.3, 0.4) is 0 Å². The van der Waals surface area contributed by atoms with Crippen LogP contribution in [0.15, 0.2) is 54.6 Å². The summed E-state index contributed by atoms with van der Waals surface area (Å²) in [7, 11) is 0. The summed E-state index contributed by atoms with van der Waals surface area (Å²) in [5.41, 5.74) is -0.695. The molecule has 0 bridgehead atoms. The van der Waals surface area contributed by atoms with Crippen molar-refractivity contribution < 1.29 is 28.7 Å². The van der Waals surface area contributed by atoms with Crippen LogP contribution in [0.1, 0.15) is 36.2 Å². The van der Waals surface area contributed by atoms with Crippen LogP contribution in [0.2, 0.25) is 0 Å². The van der Waals surface area contributed by atoms with E-state index in [-0.39, 0.29) is 19.6 Å². The fraction of sp³-hybridized carbons (Fsp3) is 0.333. The molecule has 31 heavy (non-hydrogen) atoms. The highest BCUT2D eigenvalue weighted by molar-refractivity contribution is 6.24. The second-order valence-electron chi connectivity index (χ2n) is 7.26. The molecule has 0 N–H and O–H groups in total. The van der Waals surface area contributed by atoms with E-state index >= 15 is 0 Å². The number of amides is 1. The average Bonchev–Trinajstić information content (AvgIpc) is 3.08. The number of rotatable bonds is 7. The molecule has 2 aromatic carbocycles. The van der Waals surface area contributed by atoms with Crippen LogP contribution in [0.5, 0.6) is 0 Å². The molecule has 0 saturated carbocycles. The Morgan fingerprint density at radius 2 is 1.48 bits per heavy atom. The van der Waals surface area contributed by atoms with Crippen molar-refractivity contribution >= 4 is 29.3 Å². The van der Waals surface area contributed by atoms with Gasteiger partial charge in [-0.1, -0.05) is 48.0 Å². The van der Waals surface area contributed by atoms with Gasteiger partial charge in [0.15, 0.2) is 5.78 Å². The Labute approximate surface area is 180 Å². The fourth-order valence-electron chi connectivity index (χ4n) is 3.93. The highest BCUT2D eigenvalue weighted by Crippen LogP contribution is 2.43. The van der Waals surface area contributed by atoms with Crippen molar-refractivity contribution in [2.75, 3.05) is 18.1 Å². The zero-order valence-electron chi connectivity index (χ0n) is 17.8. The number of nitrogens with zero attached hydrogens (tertiary/aromatic N) is 1. The van der Waals surface area contributed by atoms with E-state index in [2.05, 4.69) is 0 Å². The number of aryl methyl sites for hydroxylation is 1. The quantitative estimate of drug-likeness (QED) is 0.386. The van der Waals surface area contributed by atoms with Crippen LogP contribution in [-0.4, -0.2) is 42.4 Å².